The first-order valence-corrected chi connectivity index (χ1v) is 12.2. The summed E-state index contributed by atoms with van der Waals surface area (Å²) in [6, 6.07) is 13.2. The predicted molar refractivity (Wildman–Crippen MR) is 138 cm³/mol. The van der Waals surface area contributed by atoms with E-state index in [9.17, 15) is 9.18 Å². The maximum Gasteiger partial charge on any atom is 0.230 e. The number of nitrogens with zero attached hydrogens (tertiary/aromatic N) is 4. The van der Waals surface area contributed by atoms with Crippen LogP contribution in [0.1, 0.15) is 12.1 Å². The number of aromatic nitrogens is 4. The fourth-order valence-electron chi connectivity index (χ4n) is 4.11. The largest absolute Gasteiger partial charge is 0.494 e. The first-order chi connectivity index (χ1) is 18.1. The van der Waals surface area contributed by atoms with Crippen LogP contribution in [0.15, 0.2) is 54.9 Å². The fraction of sp³-hybridized carbons (Fsp3) is 0.308. The number of morpholine rings is 1. The van der Waals surface area contributed by atoms with Crippen LogP contribution in [0.4, 0.5) is 21.7 Å². The third-order valence-electron chi connectivity index (χ3n) is 5.93. The molecule has 0 saturated carbocycles. The van der Waals surface area contributed by atoms with E-state index in [2.05, 4.69) is 35.7 Å². The van der Waals surface area contributed by atoms with Gasteiger partial charge in [-0.25, -0.2) is 14.4 Å². The average Bonchev–Trinajstić information content (AvgIpc) is 3.34. The quantitative estimate of drug-likeness (QED) is 0.280. The smallest absolute Gasteiger partial charge is 0.230 e. The van der Waals surface area contributed by atoms with Gasteiger partial charge in [0, 0.05) is 42.5 Å². The van der Waals surface area contributed by atoms with E-state index in [1.165, 1.54) is 24.5 Å². The maximum atomic E-state index is 13.3. The van der Waals surface area contributed by atoms with E-state index in [4.69, 9.17) is 9.47 Å². The van der Waals surface area contributed by atoms with Crippen LogP contribution >= 0.6 is 0 Å². The normalized spacial score (nSPS) is 14.0. The summed E-state index contributed by atoms with van der Waals surface area (Å²) in [5.41, 5.74) is 1.76. The Bertz CT molecular complexity index is 1360. The molecule has 2 aromatic carbocycles. The van der Waals surface area contributed by atoms with Gasteiger partial charge in [0.1, 0.15) is 23.7 Å². The third kappa shape index (κ3) is 6.78. The zero-order chi connectivity index (χ0) is 25.5. The highest BCUT2D eigenvalue weighted by Gasteiger charge is 2.12. The number of ether oxygens (including phenoxy) is 2. The predicted octanol–water partition coefficient (Wildman–Crippen LogP) is 3.52. The SMILES string of the molecule is O=C(Cc1cc(Nc2ncnc3ccc(OCCCN4CCOCC4)cc23)n[nH]1)Nc1cccc(F)c1. The summed E-state index contributed by atoms with van der Waals surface area (Å²) < 4.78 is 24.7. The lowest BCUT2D eigenvalue weighted by atomic mass is 10.2. The summed E-state index contributed by atoms with van der Waals surface area (Å²) in [5, 5.41) is 13.7. The van der Waals surface area contributed by atoms with Crippen molar-refractivity contribution < 1.29 is 18.7 Å². The van der Waals surface area contributed by atoms with E-state index < -0.39 is 5.82 Å². The Morgan fingerprint density at radius 1 is 1.14 bits per heavy atom. The van der Waals surface area contributed by atoms with E-state index in [-0.39, 0.29) is 12.3 Å². The zero-order valence-electron chi connectivity index (χ0n) is 20.2. The van der Waals surface area contributed by atoms with Crippen LogP contribution in [-0.2, 0) is 16.0 Å². The summed E-state index contributed by atoms with van der Waals surface area (Å²) in [6.45, 7) is 5.11. The minimum Gasteiger partial charge on any atom is -0.494 e. The molecule has 4 aromatic rings. The highest BCUT2D eigenvalue weighted by molar-refractivity contribution is 5.93. The molecule has 37 heavy (non-hydrogen) atoms. The van der Waals surface area contributed by atoms with Crippen LogP contribution in [0.2, 0.25) is 0 Å². The highest BCUT2D eigenvalue weighted by atomic mass is 19.1. The van der Waals surface area contributed by atoms with Crippen LogP contribution < -0.4 is 15.4 Å². The fourth-order valence-corrected chi connectivity index (χ4v) is 4.11. The molecular weight excluding hydrogens is 477 g/mol. The Labute approximate surface area is 213 Å². The molecule has 1 fully saturated rings. The number of fused-ring (bicyclic) bond motifs is 1. The number of halogens is 1. The van der Waals surface area contributed by atoms with Gasteiger partial charge in [-0.1, -0.05) is 6.07 Å². The van der Waals surface area contributed by atoms with Crippen molar-refractivity contribution >= 4 is 34.1 Å². The minimum atomic E-state index is -0.413. The van der Waals surface area contributed by atoms with Gasteiger partial charge in [-0.15, -0.1) is 0 Å². The topological polar surface area (TPSA) is 117 Å². The number of hydrogen-bond donors (Lipinski definition) is 3. The molecule has 1 saturated heterocycles. The van der Waals surface area contributed by atoms with Crippen LogP contribution in [0.3, 0.4) is 0 Å². The van der Waals surface area contributed by atoms with E-state index in [1.54, 1.807) is 12.1 Å². The molecular formula is C26H28FN7O3. The van der Waals surface area contributed by atoms with Crippen LogP contribution in [0.25, 0.3) is 10.9 Å². The number of H-pyrrole nitrogens is 1. The standard InChI is InChI=1S/C26H28FN7O3/c27-18-3-1-4-19(13-18)30-25(35)15-20-14-24(33-32-20)31-26-22-16-21(5-6-23(22)28-17-29-26)37-10-2-7-34-8-11-36-12-9-34/h1,3-6,13-14,16-17H,2,7-12,15H2,(H,30,35)(H2,28,29,31,32,33). The van der Waals surface area contributed by atoms with Gasteiger partial charge >= 0.3 is 0 Å². The van der Waals surface area contributed by atoms with Gasteiger partial charge in [0.2, 0.25) is 5.91 Å². The molecule has 0 radical (unpaired) electrons. The second-order valence-electron chi connectivity index (χ2n) is 8.70. The van der Waals surface area contributed by atoms with Gasteiger partial charge in [0.25, 0.3) is 0 Å². The molecule has 0 atom stereocenters. The summed E-state index contributed by atoms with van der Waals surface area (Å²) in [5.74, 6) is 1.12. The Morgan fingerprint density at radius 3 is 2.89 bits per heavy atom. The van der Waals surface area contributed by atoms with E-state index >= 15 is 0 Å². The molecule has 1 aliphatic rings. The van der Waals surface area contributed by atoms with Gasteiger partial charge in [-0.05, 0) is 42.8 Å². The van der Waals surface area contributed by atoms with E-state index in [1.807, 2.05) is 18.2 Å². The molecule has 0 unspecified atom stereocenters. The van der Waals surface area contributed by atoms with Gasteiger partial charge in [-0.2, -0.15) is 5.10 Å². The molecule has 1 aliphatic heterocycles. The second-order valence-corrected chi connectivity index (χ2v) is 8.70. The lowest BCUT2D eigenvalue weighted by Gasteiger charge is -2.26. The Morgan fingerprint density at radius 2 is 2.03 bits per heavy atom. The van der Waals surface area contributed by atoms with Crippen molar-refractivity contribution in [2.45, 2.75) is 12.8 Å². The van der Waals surface area contributed by atoms with Gasteiger partial charge < -0.3 is 20.1 Å². The van der Waals surface area contributed by atoms with Crippen molar-refractivity contribution in [3.8, 4) is 5.75 Å². The molecule has 11 heteroatoms. The third-order valence-corrected chi connectivity index (χ3v) is 5.93. The molecule has 3 N–H and O–H groups in total. The van der Waals surface area contributed by atoms with Crippen molar-refractivity contribution in [1.82, 2.24) is 25.1 Å². The summed E-state index contributed by atoms with van der Waals surface area (Å²) in [7, 11) is 0. The number of anilines is 3. The van der Waals surface area contributed by atoms with Gasteiger partial charge in [0.15, 0.2) is 5.82 Å². The molecule has 0 spiro atoms. The van der Waals surface area contributed by atoms with Crippen molar-refractivity contribution in [2.24, 2.45) is 0 Å². The Balaban J connectivity index is 1.19. The average molecular weight is 506 g/mol. The Kier molecular flexibility index (Phi) is 7.82. The number of nitrogens with one attached hydrogen (secondary N) is 3. The molecule has 0 aliphatic carbocycles. The van der Waals surface area contributed by atoms with Crippen LogP contribution in [0.5, 0.6) is 5.75 Å². The second kappa shape index (κ2) is 11.8. The highest BCUT2D eigenvalue weighted by Crippen LogP contribution is 2.26. The molecule has 3 heterocycles. The summed E-state index contributed by atoms with van der Waals surface area (Å²) in [4.78, 5) is 23.4. The number of benzene rings is 2. The molecule has 5 rings (SSSR count). The van der Waals surface area contributed by atoms with Crippen molar-refractivity contribution in [1.29, 1.82) is 0 Å². The Hall–Kier alpha value is -4.09. The van der Waals surface area contributed by atoms with Gasteiger partial charge in [-0.3, -0.25) is 14.8 Å². The first-order valence-electron chi connectivity index (χ1n) is 12.2. The number of carbonyl (C=O) groups excluding carboxylic acids is 1. The van der Waals surface area contributed by atoms with Crippen LogP contribution in [-0.4, -0.2) is 70.4 Å². The lowest BCUT2D eigenvalue weighted by Crippen LogP contribution is -2.37. The number of amides is 1. The van der Waals surface area contributed by atoms with E-state index in [0.29, 0.717) is 29.6 Å². The molecule has 10 nitrogen and oxygen atoms in total. The maximum absolute atomic E-state index is 13.3. The number of rotatable bonds is 10. The molecule has 0 bridgehead atoms. The zero-order valence-corrected chi connectivity index (χ0v) is 20.2. The van der Waals surface area contributed by atoms with Crippen molar-refractivity contribution in [2.75, 3.05) is 50.1 Å². The lowest BCUT2D eigenvalue weighted by molar-refractivity contribution is -0.115. The van der Waals surface area contributed by atoms with Crippen molar-refractivity contribution in [3.05, 3.63) is 66.4 Å². The minimum absolute atomic E-state index is 0.0537. The van der Waals surface area contributed by atoms with Crippen LogP contribution in [0, 0.1) is 5.82 Å². The van der Waals surface area contributed by atoms with E-state index in [0.717, 1.165) is 55.9 Å². The molecule has 192 valence electrons. The van der Waals surface area contributed by atoms with Crippen molar-refractivity contribution in [3.63, 3.8) is 0 Å². The number of hydrogen-bond acceptors (Lipinski definition) is 8. The first kappa shape index (κ1) is 24.6. The number of aromatic amines is 1. The molecule has 2 aromatic heterocycles. The summed E-state index contributed by atoms with van der Waals surface area (Å²) in [6.07, 6.45) is 2.46. The summed E-state index contributed by atoms with van der Waals surface area (Å²) >= 11 is 0. The monoisotopic (exact) mass is 505 g/mol. The van der Waals surface area contributed by atoms with Gasteiger partial charge in [0.05, 0.1) is 31.8 Å². The molecule has 1 amide bonds. The number of carbonyl (C=O) groups is 1.